The van der Waals surface area contributed by atoms with Gasteiger partial charge in [0.1, 0.15) is 5.82 Å². The van der Waals surface area contributed by atoms with Crippen molar-refractivity contribution >= 4 is 11.7 Å². The summed E-state index contributed by atoms with van der Waals surface area (Å²) in [6, 6.07) is 3.38. The van der Waals surface area contributed by atoms with Gasteiger partial charge in [-0.25, -0.2) is 0 Å². The fourth-order valence-electron chi connectivity index (χ4n) is 1.83. The first-order valence-corrected chi connectivity index (χ1v) is 6.39. The van der Waals surface area contributed by atoms with Crippen molar-refractivity contribution < 1.29 is 9.53 Å². The molecule has 2 N–H and O–H groups in total. The second-order valence-corrected chi connectivity index (χ2v) is 4.26. The third-order valence-corrected chi connectivity index (χ3v) is 2.97. The summed E-state index contributed by atoms with van der Waals surface area (Å²) in [5, 5.41) is 13.4. The summed E-state index contributed by atoms with van der Waals surface area (Å²) in [4.78, 5) is 14.1. The monoisotopic (exact) mass is 265 g/mol. The van der Waals surface area contributed by atoms with E-state index in [2.05, 4.69) is 25.7 Å². The van der Waals surface area contributed by atoms with Gasteiger partial charge in [-0.1, -0.05) is 0 Å². The molecule has 1 amide bonds. The van der Waals surface area contributed by atoms with Crippen LogP contribution in [0.25, 0.3) is 0 Å². The van der Waals surface area contributed by atoms with Crippen molar-refractivity contribution in [2.75, 3.05) is 51.8 Å². The van der Waals surface area contributed by atoms with E-state index in [0.717, 1.165) is 32.8 Å². The van der Waals surface area contributed by atoms with E-state index in [4.69, 9.17) is 4.74 Å². The highest BCUT2D eigenvalue weighted by Crippen LogP contribution is 2.00. The number of carbonyl (C=O) groups excluding carboxylic acids is 1. The van der Waals surface area contributed by atoms with E-state index in [9.17, 15) is 4.79 Å². The Morgan fingerprint density at radius 3 is 2.79 bits per heavy atom. The Balaban J connectivity index is 1.73. The number of anilines is 1. The molecule has 0 atom stereocenters. The second kappa shape index (κ2) is 7.01. The highest BCUT2D eigenvalue weighted by Gasteiger charge is 2.11. The molecule has 19 heavy (non-hydrogen) atoms. The van der Waals surface area contributed by atoms with E-state index in [-0.39, 0.29) is 5.91 Å². The third kappa shape index (κ3) is 4.15. The van der Waals surface area contributed by atoms with Crippen molar-refractivity contribution in [3.63, 3.8) is 0 Å². The van der Waals surface area contributed by atoms with Crippen LogP contribution in [0.15, 0.2) is 12.1 Å². The minimum absolute atomic E-state index is 0.191. The van der Waals surface area contributed by atoms with E-state index in [1.54, 1.807) is 19.2 Å². The van der Waals surface area contributed by atoms with Crippen LogP contribution in [0.3, 0.4) is 0 Å². The number of nitrogens with zero attached hydrogens (tertiary/aromatic N) is 3. The number of hydrogen-bond acceptors (Lipinski definition) is 6. The summed E-state index contributed by atoms with van der Waals surface area (Å²) in [6.07, 6.45) is 0. The van der Waals surface area contributed by atoms with Gasteiger partial charge in [0.05, 0.1) is 13.2 Å². The van der Waals surface area contributed by atoms with Gasteiger partial charge in [-0.2, -0.15) is 0 Å². The molecule has 1 saturated heterocycles. The molecule has 1 aliphatic rings. The van der Waals surface area contributed by atoms with Gasteiger partial charge in [-0.05, 0) is 12.1 Å². The summed E-state index contributed by atoms with van der Waals surface area (Å²) >= 11 is 0. The Morgan fingerprint density at radius 1 is 1.37 bits per heavy atom. The van der Waals surface area contributed by atoms with E-state index < -0.39 is 0 Å². The lowest BCUT2D eigenvalue weighted by molar-refractivity contribution is 0.0383. The molecule has 2 rings (SSSR count). The lowest BCUT2D eigenvalue weighted by Crippen LogP contribution is -2.41. The van der Waals surface area contributed by atoms with Crippen LogP contribution >= 0.6 is 0 Å². The highest BCUT2D eigenvalue weighted by atomic mass is 16.5. The van der Waals surface area contributed by atoms with E-state index in [1.165, 1.54) is 0 Å². The molecule has 7 heteroatoms. The van der Waals surface area contributed by atoms with Crippen molar-refractivity contribution in [1.29, 1.82) is 0 Å². The molecule has 1 aliphatic heterocycles. The fraction of sp³-hybridized carbons (Fsp3) is 0.583. The number of amides is 1. The number of rotatable bonds is 5. The molecule has 0 unspecified atom stereocenters. The molecule has 0 saturated carbocycles. The zero-order chi connectivity index (χ0) is 13.5. The minimum Gasteiger partial charge on any atom is -0.379 e. The average molecular weight is 265 g/mol. The van der Waals surface area contributed by atoms with Crippen LogP contribution in [0.2, 0.25) is 0 Å². The number of carbonyl (C=O) groups is 1. The first-order valence-electron chi connectivity index (χ1n) is 6.39. The van der Waals surface area contributed by atoms with E-state index in [0.29, 0.717) is 18.1 Å². The van der Waals surface area contributed by atoms with Crippen molar-refractivity contribution in [2.45, 2.75) is 0 Å². The molecular formula is C12H19N5O2. The number of morpholine rings is 1. The summed E-state index contributed by atoms with van der Waals surface area (Å²) in [6.45, 7) is 4.82. The van der Waals surface area contributed by atoms with Crippen molar-refractivity contribution in [3.8, 4) is 0 Å². The second-order valence-electron chi connectivity index (χ2n) is 4.26. The zero-order valence-electron chi connectivity index (χ0n) is 11.1. The Kier molecular flexibility index (Phi) is 5.05. The molecule has 0 aliphatic carbocycles. The van der Waals surface area contributed by atoms with Gasteiger partial charge in [0, 0.05) is 33.2 Å². The third-order valence-electron chi connectivity index (χ3n) is 2.97. The first-order chi connectivity index (χ1) is 9.29. The van der Waals surface area contributed by atoms with E-state index >= 15 is 0 Å². The maximum atomic E-state index is 11.8. The molecule has 0 bridgehead atoms. The normalized spacial score (nSPS) is 16.1. The van der Waals surface area contributed by atoms with E-state index in [1.807, 2.05) is 0 Å². The molecule has 2 heterocycles. The van der Waals surface area contributed by atoms with Crippen LogP contribution in [-0.2, 0) is 4.74 Å². The molecule has 1 fully saturated rings. The van der Waals surface area contributed by atoms with Gasteiger partial charge in [0.25, 0.3) is 5.91 Å². The zero-order valence-corrected chi connectivity index (χ0v) is 11.1. The molecular weight excluding hydrogens is 246 g/mol. The van der Waals surface area contributed by atoms with Gasteiger partial charge in [-0.3, -0.25) is 9.69 Å². The maximum Gasteiger partial charge on any atom is 0.271 e. The summed E-state index contributed by atoms with van der Waals surface area (Å²) in [5.41, 5.74) is 0.334. The summed E-state index contributed by atoms with van der Waals surface area (Å²) in [7, 11) is 1.76. The predicted octanol–water partition coefficient (Wildman–Crippen LogP) is -0.420. The first kappa shape index (κ1) is 13.7. The summed E-state index contributed by atoms with van der Waals surface area (Å²) in [5.74, 6) is 0.452. The quantitative estimate of drug-likeness (QED) is 0.753. The Morgan fingerprint density at radius 2 is 2.16 bits per heavy atom. The van der Waals surface area contributed by atoms with Crippen LogP contribution in [0, 0.1) is 0 Å². The molecule has 0 radical (unpaired) electrons. The standard InChI is InChI=1S/C12H19N5O2/c1-13-11-3-2-10(15-16-11)12(18)14-4-5-17-6-8-19-9-7-17/h2-3H,4-9H2,1H3,(H,13,16)(H,14,18). The molecule has 7 nitrogen and oxygen atoms in total. The SMILES string of the molecule is CNc1ccc(C(=O)NCCN2CCOCC2)nn1. The molecule has 1 aromatic rings. The number of aromatic nitrogens is 2. The lowest BCUT2D eigenvalue weighted by Gasteiger charge is -2.26. The van der Waals surface area contributed by atoms with Crippen molar-refractivity contribution in [2.24, 2.45) is 0 Å². The highest BCUT2D eigenvalue weighted by molar-refractivity contribution is 5.92. The average Bonchev–Trinajstić information content (AvgIpc) is 2.48. The van der Waals surface area contributed by atoms with Crippen LogP contribution in [-0.4, -0.2) is 67.4 Å². The number of hydrogen-bond donors (Lipinski definition) is 2. The maximum absolute atomic E-state index is 11.8. The largest absolute Gasteiger partial charge is 0.379 e. The molecule has 104 valence electrons. The number of ether oxygens (including phenoxy) is 1. The van der Waals surface area contributed by atoms with Gasteiger partial charge < -0.3 is 15.4 Å². The van der Waals surface area contributed by atoms with Crippen LogP contribution in [0.5, 0.6) is 0 Å². The topological polar surface area (TPSA) is 79.4 Å². The van der Waals surface area contributed by atoms with Crippen LogP contribution < -0.4 is 10.6 Å². The van der Waals surface area contributed by atoms with Crippen LogP contribution in [0.1, 0.15) is 10.5 Å². The van der Waals surface area contributed by atoms with Crippen molar-refractivity contribution in [3.05, 3.63) is 17.8 Å². The van der Waals surface area contributed by atoms with Gasteiger partial charge >= 0.3 is 0 Å². The molecule has 0 aromatic carbocycles. The fourth-order valence-corrected chi connectivity index (χ4v) is 1.83. The van der Waals surface area contributed by atoms with Gasteiger partial charge in [0.2, 0.25) is 0 Å². The number of nitrogens with one attached hydrogen (secondary N) is 2. The molecule has 0 spiro atoms. The van der Waals surface area contributed by atoms with Crippen LogP contribution in [0.4, 0.5) is 5.82 Å². The molecule has 1 aromatic heterocycles. The van der Waals surface area contributed by atoms with Gasteiger partial charge in [-0.15, -0.1) is 10.2 Å². The minimum atomic E-state index is -0.191. The Labute approximate surface area is 112 Å². The Bertz CT molecular complexity index is 403. The lowest BCUT2D eigenvalue weighted by atomic mass is 10.3. The van der Waals surface area contributed by atoms with Gasteiger partial charge in [0.15, 0.2) is 5.69 Å². The van der Waals surface area contributed by atoms with Crippen molar-refractivity contribution in [1.82, 2.24) is 20.4 Å². The summed E-state index contributed by atoms with van der Waals surface area (Å²) < 4.78 is 5.27. The predicted molar refractivity (Wildman–Crippen MR) is 71.2 cm³/mol. The smallest absolute Gasteiger partial charge is 0.271 e. The Hall–Kier alpha value is -1.73.